The van der Waals surface area contributed by atoms with Crippen molar-refractivity contribution in [2.45, 2.75) is 167 Å². The first-order chi connectivity index (χ1) is 19.7. The Balaban J connectivity index is 1.92. The number of amides is 1. The Morgan fingerprint density at radius 3 is 1.77 bits per heavy atom. The largest absolute Gasteiger partial charge is 0.394 e. The fourth-order valence-electron chi connectivity index (χ4n) is 5.21. The summed E-state index contributed by atoms with van der Waals surface area (Å²) in [6.07, 6.45) is 33.9. The van der Waals surface area contributed by atoms with Crippen LogP contribution in [0.2, 0.25) is 0 Å². The van der Waals surface area contributed by atoms with Crippen LogP contribution in [0.1, 0.15) is 148 Å². The third kappa shape index (κ3) is 22.0. The van der Waals surface area contributed by atoms with Gasteiger partial charge in [-0.15, -0.1) is 0 Å². The third-order valence-corrected chi connectivity index (χ3v) is 7.86. The van der Waals surface area contributed by atoms with Crippen LogP contribution in [0.4, 0.5) is 0 Å². The normalized spacial score (nSPS) is 13.1. The standard InChI is InChI=1S/C35H62N2O3/c1-2-3-4-5-6-12-16-19-23-28-35(40)36-33(32-38)34(39)27-22-18-15-13-10-8-7-9-11-14-17-20-24-29-37-30-25-21-26-31-37/h21-22,25-27,30-31,33-34,38-39H,2-20,23-24,28-29,32H2,1H3/p+1/b27-22+/t33-,34-/m0/s1. The highest BCUT2D eigenvalue weighted by atomic mass is 16.3. The van der Waals surface area contributed by atoms with Gasteiger partial charge in [-0.3, -0.25) is 4.79 Å². The second kappa shape index (κ2) is 27.4. The summed E-state index contributed by atoms with van der Waals surface area (Å²) in [6.45, 7) is 3.12. The van der Waals surface area contributed by atoms with Gasteiger partial charge in [-0.2, -0.15) is 0 Å². The molecule has 0 aliphatic carbocycles. The molecular weight excluding hydrogens is 496 g/mol. The molecule has 0 saturated heterocycles. The molecule has 5 heteroatoms. The van der Waals surface area contributed by atoms with Crippen molar-refractivity contribution in [1.82, 2.24) is 5.32 Å². The zero-order chi connectivity index (χ0) is 28.9. The van der Waals surface area contributed by atoms with E-state index in [1.54, 1.807) is 6.08 Å². The predicted molar refractivity (Wildman–Crippen MR) is 168 cm³/mol. The highest BCUT2D eigenvalue weighted by Gasteiger charge is 2.17. The van der Waals surface area contributed by atoms with Crippen molar-refractivity contribution in [3.63, 3.8) is 0 Å². The molecule has 230 valence electrons. The van der Waals surface area contributed by atoms with Gasteiger partial charge in [0.05, 0.1) is 18.8 Å². The fraction of sp³-hybridized carbons (Fsp3) is 0.771. The first kappa shape index (κ1) is 36.3. The van der Waals surface area contributed by atoms with E-state index in [2.05, 4.69) is 47.4 Å². The average Bonchev–Trinajstić information content (AvgIpc) is 2.97. The van der Waals surface area contributed by atoms with Gasteiger partial charge in [0.1, 0.15) is 6.54 Å². The molecule has 40 heavy (non-hydrogen) atoms. The molecular formula is C35H63N2O3+. The average molecular weight is 560 g/mol. The number of aliphatic hydroxyl groups is 2. The summed E-state index contributed by atoms with van der Waals surface area (Å²) in [4.78, 5) is 12.2. The molecule has 1 aromatic rings. The number of carbonyl (C=O) groups excluding carboxylic acids is 1. The van der Waals surface area contributed by atoms with E-state index >= 15 is 0 Å². The maximum absolute atomic E-state index is 12.2. The second-order valence-corrected chi connectivity index (χ2v) is 11.6. The number of allylic oxidation sites excluding steroid dienone is 1. The van der Waals surface area contributed by atoms with Gasteiger partial charge >= 0.3 is 0 Å². The van der Waals surface area contributed by atoms with Crippen LogP contribution in [0.3, 0.4) is 0 Å². The maximum Gasteiger partial charge on any atom is 0.220 e. The van der Waals surface area contributed by atoms with Crippen molar-refractivity contribution in [2.24, 2.45) is 0 Å². The number of aliphatic hydroxyl groups excluding tert-OH is 2. The minimum Gasteiger partial charge on any atom is -0.394 e. The number of aryl methyl sites for hydroxylation is 1. The Morgan fingerprint density at radius 1 is 0.725 bits per heavy atom. The number of nitrogens with zero attached hydrogens (tertiary/aromatic N) is 1. The lowest BCUT2D eigenvalue weighted by atomic mass is 10.0. The molecule has 1 rings (SSSR count). The zero-order valence-electron chi connectivity index (χ0n) is 25.9. The summed E-state index contributed by atoms with van der Waals surface area (Å²) in [5, 5.41) is 22.8. The molecule has 1 heterocycles. The van der Waals surface area contributed by atoms with Crippen molar-refractivity contribution < 1.29 is 19.6 Å². The molecule has 1 amide bonds. The lowest BCUT2D eigenvalue weighted by Crippen LogP contribution is -2.45. The summed E-state index contributed by atoms with van der Waals surface area (Å²) in [7, 11) is 0. The number of nitrogens with one attached hydrogen (secondary N) is 1. The number of hydrogen-bond acceptors (Lipinski definition) is 3. The Bertz CT molecular complexity index is 710. The molecule has 0 saturated carbocycles. The van der Waals surface area contributed by atoms with E-state index < -0.39 is 12.1 Å². The van der Waals surface area contributed by atoms with E-state index in [0.717, 1.165) is 32.2 Å². The molecule has 0 radical (unpaired) electrons. The number of hydrogen-bond donors (Lipinski definition) is 3. The van der Waals surface area contributed by atoms with Gasteiger partial charge in [-0.1, -0.05) is 128 Å². The molecule has 1 aromatic heterocycles. The van der Waals surface area contributed by atoms with Crippen molar-refractivity contribution in [3.8, 4) is 0 Å². The smallest absolute Gasteiger partial charge is 0.220 e. The number of carbonyl (C=O) groups is 1. The quantitative estimate of drug-likeness (QED) is 0.0554. The van der Waals surface area contributed by atoms with Gasteiger partial charge in [-0.05, 0) is 25.7 Å². The van der Waals surface area contributed by atoms with Crippen LogP contribution >= 0.6 is 0 Å². The predicted octanol–water partition coefficient (Wildman–Crippen LogP) is 7.97. The van der Waals surface area contributed by atoms with Gasteiger partial charge in [0.2, 0.25) is 5.91 Å². The van der Waals surface area contributed by atoms with Crippen LogP contribution in [0.5, 0.6) is 0 Å². The molecule has 2 atom stereocenters. The molecule has 3 N–H and O–H groups in total. The summed E-state index contributed by atoms with van der Waals surface area (Å²) in [5.41, 5.74) is 0. The monoisotopic (exact) mass is 559 g/mol. The van der Waals surface area contributed by atoms with Crippen molar-refractivity contribution in [3.05, 3.63) is 42.7 Å². The molecule has 0 bridgehead atoms. The zero-order valence-corrected chi connectivity index (χ0v) is 25.9. The van der Waals surface area contributed by atoms with E-state index in [9.17, 15) is 15.0 Å². The van der Waals surface area contributed by atoms with Crippen molar-refractivity contribution in [1.29, 1.82) is 0 Å². The molecule has 0 aliphatic rings. The third-order valence-electron chi connectivity index (χ3n) is 7.86. The Hall–Kier alpha value is -1.72. The molecule has 0 aromatic carbocycles. The van der Waals surface area contributed by atoms with Crippen molar-refractivity contribution in [2.75, 3.05) is 6.61 Å². The number of unbranched alkanes of at least 4 members (excludes halogenated alkanes) is 19. The van der Waals surface area contributed by atoms with Gasteiger partial charge < -0.3 is 15.5 Å². The molecule has 0 spiro atoms. The van der Waals surface area contributed by atoms with E-state index in [0.29, 0.717) is 6.42 Å². The van der Waals surface area contributed by atoms with Crippen molar-refractivity contribution >= 4 is 5.91 Å². The first-order valence-corrected chi connectivity index (χ1v) is 16.9. The highest BCUT2D eigenvalue weighted by Crippen LogP contribution is 2.13. The summed E-state index contributed by atoms with van der Waals surface area (Å²) >= 11 is 0. The first-order valence-electron chi connectivity index (χ1n) is 16.9. The lowest BCUT2D eigenvalue weighted by molar-refractivity contribution is -0.697. The molecule has 0 aliphatic heterocycles. The maximum atomic E-state index is 12.2. The number of rotatable bonds is 28. The Morgan fingerprint density at radius 2 is 1.23 bits per heavy atom. The Kier molecular flexibility index (Phi) is 24.9. The summed E-state index contributed by atoms with van der Waals surface area (Å²) in [5.74, 6) is -0.0726. The minimum atomic E-state index is -0.839. The molecule has 0 unspecified atom stereocenters. The molecule has 0 fully saturated rings. The molecule has 5 nitrogen and oxygen atoms in total. The number of aromatic nitrogens is 1. The van der Waals surface area contributed by atoms with Crippen LogP contribution in [-0.2, 0) is 11.3 Å². The van der Waals surface area contributed by atoms with E-state index in [1.807, 2.05) is 6.08 Å². The second-order valence-electron chi connectivity index (χ2n) is 11.6. The minimum absolute atomic E-state index is 0.0726. The Labute approximate surface area is 246 Å². The van der Waals surface area contributed by atoms with Crippen LogP contribution in [0.15, 0.2) is 42.7 Å². The summed E-state index contributed by atoms with van der Waals surface area (Å²) in [6, 6.07) is 5.64. The van der Waals surface area contributed by atoms with Gasteiger partial charge in [0.15, 0.2) is 12.4 Å². The fourth-order valence-corrected chi connectivity index (χ4v) is 5.21. The van der Waals surface area contributed by atoms with Crippen LogP contribution < -0.4 is 9.88 Å². The number of pyridine rings is 1. The van der Waals surface area contributed by atoms with Gasteiger partial charge in [-0.25, -0.2) is 4.57 Å². The van der Waals surface area contributed by atoms with E-state index in [-0.39, 0.29) is 12.5 Å². The van der Waals surface area contributed by atoms with E-state index in [4.69, 9.17) is 0 Å². The summed E-state index contributed by atoms with van der Waals surface area (Å²) < 4.78 is 2.27. The van der Waals surface area contributed by atoms with Crippen LogP contribution in [0.25, 0.3) is 0 Å². The van der Waals surface area contributed by atoms with Crippen LogP contribution in [-0.4, -0.2) is 34.9 Å². The van der Waals surface area contributed by atoms with Gasteiger partial charge in [0, 0.05) is 25.0 Å². The van der Waals surface area contributed by atoms with Crippen LogP contribution in [0, 0.1) is 0 Å². The SMILES string of the molecule is CCCCCCCCCCCC(=O)N[C@@H](CO)[C@@H](O)/C=C/CCCCCCCCCCCCC[n+]1ccccc1. The van der Waals surface area contributed by atoms with E-state index in [1.165, 1.54) is 109 Å². The lowest BCUT2D eigenvalue weighted by Gasteiger charge is -2.20. The van der Waals surface area contributed by atoms with Gasteiger partial charge in [0.25, 0.3) is 0 Å². The highest BCUT2D eigenvalue weighted by molar-refractivity contribution is 5.76. The topological polar surface area (TPSA) is 73.4 Å².